The Kier molecular flexibility index (Phi) is 5.12. The minimum atomic E-state index is -0.151. The third-order valence-corrected chi connectivity index (χ3v) is 4.59. The van der Waals surface area contributed by atoms with Crippen molar-refractivity contribution in [1.29, 1.82) is 0 Å². The highest BCUT2D eigenvalue weighted by Gasteiger charge is 2.18. The van der Waals surface area contributed by atoms with Gasteiger partial charge in [-0.3, -0.25) is 4.79 Å². The van der Waals surface area contributed by atoms with Gasteiger partial charge in [-0.2, -0.15) is 0 Å². The zero-order chi connectivity index (χ0) is 19.5. The van der Waals surface area contributed by atoms with Crippen molar-refractivity contribution >= 4 is 16.8 Å². The summed E-state index contributed by atoms with van der Waals surface area (Å²) in [6.07, 6.45) is 0. The minimum absolute atomic E-state index is 0.0952. The van der Waals surface area contributed by atoms with E-state index in [0.717, 1.165) is 22.2 Å². The quantitative estimate of drug-likeness (QED) is 0.737. The zero-order valence-corrected chi connectivity index (χ0v) is 15.9. The molecular weight excluding hydrogens is 356 g/mol. The van der Waals surface area contributed by atoms with E-state index in [1.807, 2.05) is 55.5 Å². The Morgan fingerprint density at radius 3 is 2.75 bits per heavy atom. The van der Waals surface area contributed by atoms with E-state index in [1.165, 1.54) is 0 Å². The first-order valence-corrected chi connectivity index (χ1v) is 9.25. The zero-order valence-electron chi connectivity index (χ0n) is 15.9. The summed E-state index contributed by atoms with van der Waals surface area (Å²) < 4.78 is 16.4. The molecule has 1 amide bonds. The van der Waals surface area contributed by atoms with Gasteiger partial charge < -0.3 is 19.5 Å². The van der Waals surface area contributed by atoms with Crippen LogP contribution in [0.5, 0.6) is 11.5 Å². The number of nitrogens with one attached hydrogen (secondary N) is 1. The van der Waals surface area contributed by atoms with E-state index < -0.39 is 0 Å². The highest BCUT2D eigenvalue weighted by molar-refractivity contribution is 6.07. The lowest BCUT2D eigenvalue weighted by molar-refractivity contribution is 0.0907. The Balaban J connectivity index is 1.77. The molecular formula is C22H22N2O4. The lowest BCUT2D eigenvalue weighted by Gasteiger charge is -2.19. The second-order valence-corrected chi connectivity index (χ2v) is 6.76. The van der Waals surface area contributed by atoms with Crippen molar-refractivity contribution in [2.24, 2.45) is 0 Å². The van der Waals surface area contributed by atoms with E-state index in [-0.39, 0.29) is 11.9 Å². The van der Waals surface area contributed by atoms with Gasteiger partial charge in [0.15, 0.2) is 11.5 Å². The summed E-state index contributed by atoms with van der Waals surface area (Å²) in [6, 6.07) is 15.1. The molecule has 1 N–H and O–H groups in total. The number of aromatic nitrogens is 1. The van der Waals surface area contributed by atoms with Gasteiger partial charge in [0, 0.05) is 24.1 Å². The summed E-state index contributed by atoms with van der Waals surface area (Å²) in [5.74, 6) is 1.27. The van der Waals surface area contributed by atoms with Gasteiger partial charge in [-0.15, -0.1) is 0 Å². The second kappa shape index (κ2) is 7.86. The van der Waals surface area contributed by atoms with Gasteiger partial charge in [0.2, 0.25) is 0 Å². The summed E-state index contributed by atoms with van der Waals surface area (Å²) in [7, 11) is 1.62. The highest BCUT2D eigenvalue weighted by Crippen LogP contribution is 2.35. The Morgan fingerprint density at radius 1 is 1.14 bits per heavy atom. The molecule has 6 nitrogen and oxygen atoms in total. The van der Waals surface area contributed by atoms with Gasteiger partial charge in [0.05, 0.1) is 23.4 Å². The fourth-order valence-electron chi connectivity index (χ4n) is 3.31. The van der Waals surface area contributed by atoms with Crippen LogP contribution in [-0.2, 0) is 4.74 Å². The Labute approximate surface area is 163 Å². The Hall–Kier alpha value is -3.12. The van der Waals surface area contributed by atoms with E-state index >= 15 is 0 Å². The van der Waals surface area contributed by atoms with Gasteiger partial charge >= 0.3 is 0 Å². The second-order valence-electron chi connectivity index (χ2n) is 6.76. The first-order valence-electron chi connectivity index (χ1n) is 9.25. The molecule has 28 heavy (non-hydrogen) atoms. The number of hydrogen-bond acceptors (Lipinski definition) is 5. The van der Waals surface area contributed by atoms with Crippen LogP contribution in [0, 0.1) is 0 Å². The van der Waals surface area contributed by atoms with Crippen LogP contribution in [0.1, 0.15) is 17.3 Å². The molecule has 1 aliphatic heterocycles. The Morgan fingerprint density at radius 2 is 1.93 bits per heavy atom. The average Bonchev–Trinajstić information content (AvgIpc) is 2.72. The molecule has 0 fully saturated rings. The van der Waals surface area contributed by atoms with Gasteiger partial charge in [-0.1, -0.05) is 18.2 Å². The monoisotopic (exact) mass is 378 g/mol. The fraction of sp³-hybridized carbons (Fsp3) is 0.273. The maximum atomic E-state index is 12.9. The maximum Gasteiger partial charge on any atom is 0.252 e. The van der Waals surface area contributed by atoms with E-state index in [0.29, 0.717) is 36.8 Å². The van der Waals surface area contributed by atoms with E-state index in [2.05, 4.69) is 5.32 Å². The lowest BCUT2D eigenvalue weighted by atomic mass is 10.0. The number of methoxy groups -OCH3 is 1. The predicted molar refractivity (Wildman–Crippen MR) is 107 cm³/mol. The molecule has 4 rings (SSSR count). The van der Waals surface area contributed by atoms with Crippen LogP contribution in [0.4, 0.5) is 0 Å². The van der Waals surface area contributed by atoms with Crippen molar-refractivity contribution < 1.29 is 19.0 Å². The van der Waals surface area contributed by atoms with E-state index in [4.69, 9.17) is 19.2 Å². The number of carbonyl (C=O) groups is 1. The van der Waals surface area contributed by atoms with Crippen molar-refractivity contribution in [2.75, 3.05) is 26.9 Å². The Bertz CT molecular complexity index is 1020. The van der Waals surface area contributed by atoms with Crippen LogP contribution >= 0.6 is 0 Å². The normalized spacial score (nSPS) is 13.9. The van der Waals surface area contributed by atoms with Crippen LogP contribution in [0.2, 0.25) is 0 Å². The average molecular weight is 378 g/mol. The van der Waals surface area contributed by atoms with E-state index in [9.17, 15) is 4.79 Å². The molecule has 0 aliphatic carbocycles. The van der Waals surface area contributed by atoms with Crippen molar-refractivity contribution in [2.45, 2.75) is 13.0 Å². The topological polar surface area (TPSA) is 69.7 Å². The number of fused-ring (bicyclic) bond motifs is 2. The molecule has 6 heteroatoms. The molecule has 2 aromatic carbocycles. The minimum Gasteiger partial charge on any atom is -0.486 e. The first-order chi connectivity index (χ1) is 13.7. The van der Waals surface area contributed by atoms with Crippen molar-refractivity contribution in [3.8, 4) is 22.8 Å². The summed E-state index contributed by atoms with van der Waals surface area (Å²) in [6.45, 7) is 3.42. The van der Waals surface area contributed by atoms with Crippen molar-refractivity contribution in [3.05, 3.63) is 54.1 Å². The number of hydrogen-bond donors (Lipinski definition) is 1. The third-order valence-electron chi connectivity index (χ3n) is 4.59. The van der Waals surface area contributed by atoms with Crippen LogP contribution in [-0.4, -0.2) is 43.9 Å². The molecule has 1 aliphatic rings. The largest absolute Gasteiger partial charge is 0.486 e. The van der Waals surface area contributed by atoms with Crippen molar-refractivity contribution in [1.82, 2.24) is 10.3 Å². The molecule has 1 unspecified atom stereocenters. The van der Waals surface area contributed by atoms with Gasteiger partial charge in [-0.05, 0) is 37.3 Å². The van der Waals surface area contributed by atoms with Crippen LogP contribution < -0.4 is 14.8 Å². The molecule has 1 atom stereocenters. The molecule has 0 spiro atoms. The van der Waals surface area contributed by atoms with Gasteiger partial charge in [0.1, 0.15) is 13.2 Å². The third kappa shape index (κ3) is 3.64. The summed E-state index contributed by atoms with van der Waals surface area (Å²) in [5, 5.41) is 3.79. The molecule has 0 bridgehead atoms. The molecule has 2 heterocycles. The van der Waals surface area contributed by atoms with Crippen molar-refractivity contribution in [3.63, 3.8) is 0 Å². The predicted octanol–water partition coefficient (Wildman–Crippen LogP) is 3.44. The summed E-state index contributed by atoms with van der Waals surface area (Å²) in [5.41, 5.74) is 2.92. The first kappa shape index (κ1) is 18.3. The number of para-hydroxylation sites is 1. The molecule has 0 saturated heterocycles. The van der Waals surface area contributed by atoms with Gasteiger partial charge in [-0.25, -0.2) is 4.98 Å². The number of pyridine rings is 1. The van der Waals surface area contributed by atoms with Gasteiger partial charge in [0.25, 0.3) is 5.91 Å². The molecule has 0 radical (unpaired) electrons. The molecule has 0 saturated carbocycles. The SMILES string of the molecule is COCC(C)NC(=O)c1cc(-c2ccc3c(c2)OCCO3)nc2ccccc12. The number of carbonyl (C=O) groups excluding carboxylic acids is 1. The van der Waals surface area contributed by atoms with Crippen LogP contribution in [0.15, 0.2) is 48.5 Å². The molecule has 144 valence electrons. The highest BCUT2D eigenvalue weighted by atomic mass is 16.6. The maximum absolute atomic E-state index is 12.9. The fourth-order valence-corrected chi connectivity index (χ4v) is 3.31. The van der Waals surface area contributed by atoms with E-state index in [1.54, 1.807) is 7.11 Å². The molecule has 3 aromatic rings. The summed E-state index contributed by atoms with van der Waals surface area (Å²) >= 11 is 0. The van der Waals surface area contributed by atoms with Crippen LogP contribution in [0.3, 0.4) is 0 Å². The number of amides is 1. The number of ether oxygens (including phenoxy) is 3. The molecule has 1 aromatic heterocycles. The number of benzene rings is 2. The van der Waals surface area contributed by atoms with Crippen LogP contribution in [0.25, 0.3) is 22.2 Å². The standard InChI is InChI=1S/C22H22N2O4/c1-14(13-26-2)23-22(25)17-12-19(24-18-6-4-3-5-16(17)18)15-7-8-20-21(11-15)28-10-9-27-20/h3-8,11-12,14H,9-10,13H2,1-2H3,(H,23,25). The number of rotatable bonds is 5. The summed E-state index contributed by atoms with van der Waals surface area (Å²) in [4.78, 5) is 17.7. The smallest absolute Gasteiger partial charge is 0.252 e. The lowest BCUT2D eigenvalue weighted by Crippen LogP contribution is -2.35. The number of nitrogens with zero attached hydrogens (tertiary/aromatic N) is 1.